The minimum absolute atomic E-state index is 0.183. The van der Waals surface area contributed by atoms with Crippen LogP contribution in [0.2, 0.25) is 0 Å². The SMILES string of the molecule is CCc1cc(CN2CCC(N3CCCC(C(=O)N4CCOCC4)C3)CC2)[nH]n1. The third kappa shape index (κ3) is 4.75. The number of H-pyrrole nitrogens is 1. The van der Waals surface area contributed by atoms with Gasteiger partial charge in [0.25, 0.3) is 0 Å². The van der Waals surface area contributed by atoms with Gasteiger partial charge < -0.3 is 9.64 Å². The Balaban J connectivity index is 1.25. The van der Waals surface area contributed by atoms with Crippen LogP contribution in [0.15, 0.2) is 6.07 Å². The highest BCUT2D eigenvalue weighted by Gasteiger charge is 2.33. The lowest BCUT2D eigenvalue weighted by Crippen LogP contribution is -2.52. The number of nitrogens with one attached hydrogen (secondary N) is 1. The van der Waals surface area contributed by atoms with E-state index in [0.717, 1.165) is 70.8 Å². The van der Waals surface area contributed by atoms with Gasteiger partial charge in [-0.3, -0.25) is 19.7 Å². The Labute approximate surface area is 168 Å². The van der Waals surface area contributed by atoms with E-state index in [-0.39, 0.29) is 5.92 Å². The molecular weight excluding hydrogens is 354 g/mol. The van der Waals surface area contributed by atoms with Gasteiger partial charge in [0, 0.05) is 51.0 Å². The zero-order valence-corrected chi connectivity index (χ0v) is 17.2. The number of likely N-dealkylation sites (tertiary alicyclic amines) is 2. The van der Waals surface area contributed by atoms with E-state index in [0.29, 0.717) is 25.2 Å². The van der Waals surface area contributed by atoms with Crippen molar-refractivity contribution in [2.45, 2.75) is 51.6 Å². The first-order valence-electron chi connectivity index (χ1n) is 11.1. The predicted octanol–water partition coefficient (Wildman–Crippen LogP) is 1.51. The molecule has 156 valence electrons. The monoisotopic (exact) mass is 389 g/mol. The molecule has 4 heterocycles. The molecule has 3 saturated heterocycles. The van der Waals surface area contributed by atoms with Gasteiger partial charge >= 0.3 is 0 Å². The lowest BCUT2D eigenvalue weighted by Gasteiger charge is -2.43. The summed E-state index contributed by atoms with van der Waals surface area (Å²) in [6.07, 6.45) is 5.58. The summed E-state index contributed by atoms with van der Waals surface area (Å²) in [4.78, 5) is 20.1. The van der Waals surface area contributed by atoms with Crippen LogP contribution in [0.4, 0.5) is 0 Å². The fraction of sp³-hybridized carbons (Fsp3) is 0.810. The number of carbonyl (C=O) groups excluding carboxylic acids is 1. The van der Waals surface area contributed by atoms with Crippen molar-refractivity contribution in [3.63, 3.8) is 0 Å². The number of morpholine rings is 1. The second kappa shape index (κ2) is 9.37. The van der Waals surface area contributed by atoms with Crippen molar-refractivity contribution in [2.75, 3.05) is 52.5 Å². The Morgan fingerprint density at radius 1 is 1.18 bits per heavy atom. The zero-order chi connectivity index (χ0) is 19.3. The molecule has 0 radical (unpaired) electrons. The summed E-state index contributed by atoms with van der Waals surface area (Å²) in [7, 11) is 0. The summed E-state index contributed by atoms with van der Waals surface area (Å²) in [6, 6.07) is 2.82. The molecule has 1 amide bonds. The molecule has 7 nitrogen and oxygen atoms in total. The van der Waals surface area contributed by atoms with Gasteiger partial charge in [-0.1, -0.05) is 6.92 Å². The Hall–Kier alpha value is -1.44. The molecule has 3 aliphatic rings. The van der Waals surface area contributed by atoms with Crippen LogP contribution in [0, 0.1) is 5.92 Å². The summed E-state index contributed by atoms with van der Waals surface area (Å²) in [5, 5.41) is 7.52. The first kappa shape index (κ1) is 19.9. The molecule has 0 aliphatic carbocycles. The average Bonchev–Trinajstić information content (AvgIpc) is 3.22. The number of amides is 1. The maximum absolute atomic E-state index is 12.9. The van der Waals surface area contributed by atoms with Crippen molar-refractivity contribution in [3.05, 3.63) is 17.5 Å². The fourth-order valence-corrected chi connectivity index (χ4v) is 4.94. The van der Waals surface area contributed by atoms with E-state index in [1.165, 1.54) is 18.5 Å². The van der Waals surface area contributed by atoms with Gasteiger partial charge in [-0.15, -0.1) is 0 Å². The summed E-state index contributed by atoms with van der Waals surface area (Å²) in [5.41, 5.74) is 2.37. The van der Waals surface area contributed by atoms with Crippen molar-refractivity contribution >= 4 is 5.91 Å². The van der Waals surface area contributed by atoms with Gasteiger partial charge in [0.15, 0.2) is 0 Å². The summed E-state index contributed by atoms with van der Waals surface area (Å²) in [5.74, 6) is 0.541. The van der Waals surface area contributed by atoms with Gasteiger partial charge in [-0.25, -0.2) is 0 Å². The van der Waals surface area contributed by atoms with Gasteiger partial charge in [-0.05, 0) is 44.7 Å². The Kier molecular flexibility index (Phi) is 6.65. The number of piperidine rings is 2. The standard InChI is InChI=1S/C21H35N5O2/c1-2-18-14-19(23-22-18)16-24-8-5-20(6-9-24)26-7-3-4-17(15-26)21(27)25-10-12-28-13-11-25/h14,17,20H,2-13,15-16H2,1H3,(H,22,23). The van der Waals surface area contributed by atoms with Crippen molar-refractivity contribution in [3.8, 4) is 0 Å². The summed E-state index contributed by atoms with van der Waals surface area (Å²) < 4.78 is 5.40. The molecule has 1 N–H and O–H groups in total. The lowest BCUT2D eigenvalue weighted by molar-refractivity contribution is -0.142. The maximum Gasteiger partial charge on any atom is 0.227 e. The van der Waals surface area contributed by atoms with Crippen LogP contribution in [0.5, 0.6) is 0 Å². The van der Waals surface area contributed by atoms with E-state index in [9.17, 15) is 4.79 Å². The molecule has 1 aromatic rings. The quantitative estimate of drug-likeness (QED) is 0.827. The molecule has 0 aromatic carbocycles. The number of rotatable bonds is 5. The molecule has 28 heavy (non-hydrogen) atoms. The normalized spacial score (nSPS) is 25.9. The molecule has 3 fully saturated rings. The number of hydrogen-bond acceptors (Lipinski definition) is 5. The van der Waals surface area contributed by atoms with Crippen LogP contribution in [0.3, 0.4) is 0 Å². The highest BCUT2D eigenvalue weighted by Crippen LogP contribution is 2.26. The maximum atomic E-state index is 12.9. The summed E-state index contributed by atoms with van der Waals surface area (Å²) >= 11 is 0. The van der Waals surface area contributed by atoms with Gasteiger partial charge in [0.2, 0.25) is 5.91 Å². The largest absolute Gasteiger partial charge is 0.378 e. The third-order valence-corrected chi connectivity index (χ3v) is 6.64. The smallest absolute Gasteiger partial charge is 0.227 e. The highest BCUT2D eigenvalue weighted by molar-refractivity contribution is 5.79. The van der Waals surface area contributed by atoms with Crippen molar-refractivity contribution < 1.29 is 9.53 Å². The number of hydrogen-bond donors (Lipinski definition) is 1. The van der Waals surface area contributed by atoms with Crippen LogP contribution >= 0.6 is 0 Å². The number of aromatic amines is 1. The molecule has 7 heteroatoms. The molecule has 1 aromatic heterocycles. The number of nitrogens with zero attached hydrogens (tertiary/aromatic N) is 4. The topological polar surface area (TPSA) is 64.7 Å². The van der Waals surface area contributed by atoms with E-state index in [1.54, 1.807) is 0 Å². The van der Waals surface area contributed by atoms with Crippen LogP contribution < -0.4 is 0 Å². The Bertz CT molecular complexity index is 634. The van der Waals surface area contributed by atoms with E-state index < -0.39 is 0 Å². The molecular formula is C21H35N5O2. The fourth-order valence-electron chi connectivity index (χ4n) is 4.94. The van der Waals surface area contributed by atoms with E-state index in [4.69, 9.17) is 4.74 Å². The highest BCUT2D eigenvalue weighted by atomic mass is 16.5. The lowest BCUT2D eigenvalue weighted by atomic mass is 9.92. The molecule has 0 bridgehead atoms. The van der Waals surface area contributed by atoms with Gasteiger partial charge in [0.05, 0.1) is 24.8 Å². The first-order valence-corrected chi connectivity index (χ1v) is 11.1. The second-order valence-electron chi connectivity index (χ2n) is 8.52. The number of carbonyl (C=O) groups is 1. The van der Waals surface area contributed by atoms with Crippen LogP contribution in [0.25, 0.3) is 0 Å². The number of ether oxygens (including phenoxy) is 1. The number of aryl methyl sites for hydroxylation is 1. The molecule has 3 aliphatic heterocycles. The summed E-state index contributed by atoms with van der Waals surface area (Å²) in [6.45, 7) is 10.4. The Morgan fingerprint density at radius 3 is 2.68 bits per heavy atom. The zero-order valence-electron chi connectivity index (χ0n) is 17.2. The second-order valence-corrected chi connectivity index (χ2v) is 8.52. The van der Waals surface area contributed by atoms with E-state index >= 15 is 0 Å². The third-order valence-electron chi connectivity index (χ3n) is 6.64. The minimum Gasteiger partial charge on any atom is -0.378 e. The molecule has 1 atom stereocenters. The van der Waals surface area contributed by atoms with Crippen LogP contribution in [0.1, 0.15) is 44.0 Å². The Morgan fingerprint density at radius 2 is 1.96 bits per heavy atom. The van der Waals surface area contributed by atoms with E-state index in [1.807, 2.05) is 4.90 Å². The van der Waals surface area contributed by atoms with Crippen molar-refractivity contribution in [2.24, 2.45) is 5.92 Å². The van der Waals surface area contributed by atoms with Crippen molar-refractivity contribution in [1.29, 1.82) is 0 Å². The molecule has 1 unspecified atom stereocenters. The minimum atomic E-state index is 0.183. The molecule has 4 rings (SSSR count). The van der Waals surface area contributed by atoms with Crippen molar-refractivity contribution in [1.82, 2.24) is 24.9 Å². The van der Waals surface area contributed by atoms with E-state index in [2.05, 4.69) is 33.0 Å². The van der Waals surface area contributed by atoms with Crippen LogP contribution in [-0.4, -0.2) is 89.3 Å². The molecule has 0 saturated carbocycles. The van der Waals surface area contributed by atoms with Gasteiger partial charge in [0.1, 0.15) is 0 Å². The van der Waals surface area contributed by atoms with Gasteiger partial charge in [-0.2, -0.15) is 5.10 Å². The average molecular weight is 390 g/mol. The predicted molar refractivity (Wildman–Crippen MR) is 108 cm³/mol. The molecule has 0 spiro atoms. The van der Waals surface area contributed by atoms with Crippen LogP contribution in [-0.2, 0) is 22.5 Å². The first-order chi connectivity index (χ1) is 13.7. The number of aromatic nitrogens is 2.